The number of carboxylic acids is 1. The number of hydrogen-bond acceptors (Lipinski definition) is 5. The van der Waals surface area contributed by atoms with Gasteiger partial charge in [-0.3, -0.25) is 4.79 Å². The van der Waals surface area contributed by atoms with E-state index in [0.717, 1.165) is 11.0 Å². The Balaban J connectivity index is 2.37. The lowest BCUT2D eigenvalue weighted by Crippen LogP contribution is -2.41. The standard InChI is InChI=1S/C15H18FNO6/c1-21-8-4-11(15(19)20)17(7-8)14(18)9-5-12(22-2)13(23-3)6-10(9)16/h5-6,8,11H,4,7H2,1-3H3,(H,19,20). The van der Waals surface area contributed by atoms with E-state index >= 15 is 0 Å². The minimum absolute atomic E-state index is 0.0834. The van der Waals surface area contributed by atoms with E-state index < -0.39 is 29.8 Å². The van der Waals surface area contributed by atoms with Crippen molar-refractivity contribution in [3.63, 3.8) is 0 Å². The zero-order chi connectivity index (χ0) is 17.1. The summed E-state index contributed by atoms with van der Waals surface area (Å²) in [6.45, 7) is 0.0834. The number of ether oxygens (including phenoxy) is 3. The molecule has 0 aliphatic carbocycles. The van der Waals surface area contributed by atoms with Crippen LogP contribution in [-0.4, -0.2) is 61.9 Å². The number of carbonyl (C=O) groups is 2. The van der Waals surface area contributed by atoms with Gasteiger partial charge in [-0.05, 0) is 6.07 Å². The molecule has 2 unspecified atom stereocenters. The normalized spacial score (nSPS) is 20.4. The van der Waals surface area contributed by atoms with Gasteiger partial charge in [-0.2, -0.15) is 0 Å². The summed E-state index contributed by atoms with van der Waals surface area (Å²) in [7, 11) is 4.15. The largest absolute Gasteiger partial charge is 0.493 e. The Morgan fingerprint density at radius 1 is 1.22 bits per heavy atom. The summed E-state index contributed by atoms with van der Waals surface area (Å²) in [6.07, 6.45) is -0.241. The molecule has 1 amide bonds. The fraction of sp³-hybridized carbons (Fsp3) is 0.467. The van der Waals surface area contributed by atoms with Gasteiger partial charge in [-0.15, -0.1) is 0 Å². The summed E-state index contributed by atoms with van der Waals surface area (Å²) in [5.41, 5.74) is -0.273. The van der Waals surface area contributed by atoms with Crippen LogP contribution in [0.5, 0.6) is 11.5 Å². The first-order chi connectivity index (χ1) is 10.9. The topological polar surface area (TPSA) is 85.3 Å². The van der Waals surface area contributed by atoms with Crippen LogP contribution in [0.1, 0.15) is 16.8 Å². The summed E-state index contributed by atoms with van der Waals surface area (Å²) >= 11 is 0. The third-order valence-electron chi connectivity index (χ3n) is 3.85. The van der Waals surface area contributed by atoms with E-state index in [1.54, 1.807) is 0 Å². The molecule has 0 aromatic heterocycles. The summed E-state index contributed by atoms with van der Waals surface area (Å²) < 4.78 is 29.4. The maximum Gasteiger partial charge on any atom is 0.326 e. The first-order valence-corrected chi connectivity index (χ1v) is 6.91. The SMILES string of the molecule is COc1cc(F)c(C(=O)N2CC(OC)CC2C(=O)O)cc1OC. The minimum Gasteiger partial charge on any atom is -0.493 e. The van der Waals surface area contributed by atoms with Gasteiger partial charge in [-0.25, -0.2) is 9.18 Å². The first-order valence-electron chi connectivity index (χ1n) is 6.91. The van der Waals surface area contributed by atoms with Gasteiger partial charge in [0, 0.05) is 26.1 Å². The lowest BCUT2D eigenvalue weighted by molar-refractivity contribution is -0.141. The van der Waals surface area contributed by atoms with Crippen molar-refractivity contribution in [2.45, 2.75) is 18.6 Å². The van der Waals surface area contributed by atoms with Crippen molar-refractivity contribution in [3.05, 3.63) is 23.5 Å². The number of nitrogens with zero attached hydrogens (tertiary/aromatic N) is 1. The van der Waals surface area contributed by atoms with Crippen molar-refractivity contribution >= 4 is 11.9 Å². The quantitative estimate of drug-likeness (QED) is 0.873. The number of rotatable bonds is 5. The Hall–Kier alpha value is -2.35. The average molecular weight is 327 g/mol. The number of carboxylic acid groups (broad SMARTS) is 1. The monoisotopic (exact) mass is 327 g/mol. The van der Waals surface area contributed by atoms with E-state index in [-0.39, 0.29) is 30.0 Å². The second-order valence-electron chi connectivity index (χ2n) is 5.09. The molecule has 1 aromatic rings. The van der Waals surface area contributed by atoms with Crippen LogP contribution in [0.4, 0.5) is 4.39 Å². The Morgan fingerprint density at radius 3 is 2.35 bits per heavy atom. The Labute approximate surface area is 132 Å². The highest BCUT2D eigenvalue weighted by Gasteiger charge is 2.41. The van der Waals surface area contributed by atoms with Crippen LogP contribution < -0.4 is 9.47 Å². The molecule has 1 N–H and O–H groups in total. The number of hydrogen-bond donors (Lipinski definition) is 1. The molecule has 0 radical (unpaired) electrons. The number of methoxy groups -OCH3 is 3. The van der Waals surface area contributed by atoms with Gasteiger partial charge in [-0.1, -0.05) is 0 Å². The van der Waals surface area contributed by atoms with Crippen molar-refractivity contribution < 1.29 is 33.3 Å². The van der Waals surface area contributed by atoms with Crippen LogP contribution in [-0.2, 0) is 9.53 Å². The zero-order valence-electron chi connectivity index (χ0n) is 13.0. The second-order valence-corrected chi connectivity index (χ2v) is 5.09. The molecule has 0 saturated carbocycles. The number of amides is 1. The van der Waals surface area contributed by atoms with Gasteiger partial charge >= 0.3 is 5.97 Å². The fourth-order valence-electron chi connectivity index (χ4n) is 2.60. The van der Waals surface area contributed by atoms with Crippen molar-refractivity contribution in [2.75, 3.05) is 27.9 Å². The first kappa shape index (κ1) is 17.0. The van der Waals surface area contributed by atoms with E-state index in [2.05, 4.69) is 0 Å². The van der Waals surface area contributed by atoms with Crippen molar-refractivity contribution in [1.29, 1.82) is 0 Å². The molecule has 1 heterocycles. The third kappa shape index (κ3) is 3.21. The molecule has 23 heavy (non-hydrogen) atoms. The molecular formula is C15H18FNO6. The molecule has 7 nitrogen and oxygen atoms in total. The summed E-state index contributed by atoms with van der Waals surface area (Å²) in [4.78, 5) is 25.0. The molecule has 0 spiro atoms. The van der Waals surface area contributed by atoms with Crippen LogP contribution >= 0.6 is 0 Å². The van der Waals surface area contributed by atoms with Gasteiger partial charge in [0.05, 0.1) is 25.9 Å². The Morgan fingerprint density at radius 2 is 1.83 bits per heavy atom. The maximum absolute atomic E-state index is 14.2. The molecule has 126 valence electrons. The lowest BCUT2D eigenvalue weighted by Gasteiger charge is -2.22. The van der Waals surface area contributed by atoms with Crippen LogP contribution in [0.15, 0.2) is 12.1 Å². The number of aliphatic carboxylic acids is 1. The minimum atomic E-state index is -1.15. The van der Waals surface area contributed by atoms with Crippen molar-refractivity contribution in [3.8, 4) is 11.5 Å². The van der Waals surface area contributed by atoms with E-state index in [0.29, 0.717) is 0 Å². The van der Waals surface area contributed by atoms with Crippen LogP contribution in [0.25, 0.3) is 0 Å². The summed E-state index contributed by atoms with van der Waals surface area (Å²) in [5.74, 6) is -2.36. The molecule has 0 bridgehead atoms. The number of carbonyl (C=O) groups excluding carboxylic acids is 1. The van der Waals surface area contributed by atoms with Gasteiger partial charge < -0.3 is 24.2 Å². The van der Waals surface area contributed by atoms with Gasteiger partial charge in [0.15, 0.2) is 11.5 Å². The summed E-state index contributed by atoms with van der Waals surface area (Å²) in [6, 6.07) is 1.18. The molecule has 1 aliphatic heterocycles. The smallest absolute Gasteiger partial charge is 0.326 e. The maximum atomic E-state index is 14.2. The Kier molecular flexibility index (Phi) is 5.05. The molecule has 2 atom stereocenters. The lowest BCUT2D eigenvalue weighted by atomic mass is 10.1. The predicted molar refractivity (Wildman–Crippen MR) is 77.4 cm³/mol. The van der Waals surface area contributed by atoms with Gasteiger partial charge in [0.2, 0.25) is 0 Å². The molecule has 1 saturated heterocycles. The zero-order valence-corrected chi connectivity index (χ0v) is 13.0. The number of benzene rings is 1. The van der Waals surface area contributed by atoms with E-state index in [1.165, 1.54) is 27.4 Å². The molecule has 2 rings (SSSR count). The van der Waals surface area contributed by atoms with Gasteiger partial charge in [0.25, 0.3) is 5.91 Å². The highest BCUT2D eigenvalue weighted by Crippen LogP contribution is 2.32. The third-order valence-corrected chi connectivity index (χ3v) is 3.85. The summed E-state index contributed by atoms with van der Waals surface area (Å²) in [5, 5.41) is 9.26. The van der Waals surface area contributed by atoms with E-state index in [1.807, 2.05) is 0 Å². The van der Waals surface area contributed by atoms with E-state index in [9.17, 15) is 19.1 Å². The fourth-order valence-corrected chi connectivity index (χ4v) is 2.60. The highest BCUT2D eigenvalue weighted by atomic mass is 19.1. The Bertz CT molecular complexity index is 620. The number of likely N-dealkylation sites (tertiary alicyclic amines) is 1. The van der Waals surface area contributed by atoms with Crippen molar-refractivity contribution in [1.82, 2.24) is 4.90 Å². The second kappa shape index (κ2) is 6.82. The van der Waals surface area contributed by atoms with Gasteiger partial charge in [0.1, 0.15) is 11.9 Å². The van der Waals surface area contributed by atoms with Crippen LogP contribution in [0.2, 0.25) is 0 Å². The molecule has 1 fully saturated rings. The van der Waals surface area contributed by atoms with Crippen LogP contribution in [0.3, 0.4) is 0 Å². The molecule has 1 aliphatic rings. The number of halogens is 1. The van der Waals surface area contributed by atoms with E-state index in [4.69, 9.17) is 14.2 Å². The molecule has 1 aromatic carbocycles. The average Bonchev–Trinajstić information content (AvgIpc) is 2.98. The predicted octanol–water partition coefficient (Wildman–Crippen LogP) is 1.16. The highest BCUT2D eigenvalue weighted by molar-refractivity contribution is 5.98. The molecule has 8 heteroatoms. The van der Waals surface area contributed by atoms with Crippen molar-refractivity contribution in [2.24, 2.45) is 0 Å². The molecular weight excluding hydrogens is 309 g/mol. The van der Waals surface area contributed by atoms with Crippen LogP contribution in [0, 0.1) is 5.82 Å².